The largest absolute Gasteiger partial charge is 0.467 e. The normalized spacial score (nSPS) is 14.3. The minimum atomic E-state index is -0.546. The predicted molar refractivity (Wildman–Crippen MR) is 88.0 cm³/mol. The van der Waals surface area contributed by atoms with Gasteiger partial charge in [-0.05, 0) is 44.5 Å². The molecule has 0 amide bonds. The first-order valence-electron chi connectivity index (χ1n) is 8.16. The number of furan rings is 2. The van der Waals surface area contributed by atoms with Crippen molar-refractivity contribution in [1.29, 1.82) is 0 Å². The van der Waals surface area contributed by atoms with Crippen molar-refractivity contribution in [2.24, 2.45) is 0 Å². The Labute approximate surface area is 137 Å². The van der Waals surface area contributed by atoms with Crippen molar-refractivity contribution in [2.75, 3.05) is 13.2 Å². The van der Waals surface area contributed by atoms with Gasteiger partial charge in [-0.15, -0.1) is 0 Å². The Kier molecular flexibility index (Phi) is 6.89. The molecule has 2 aromatic rings. The van der Waals surface area contributed by atoms with Crippen molar-refractivity contribution in [3.8, 4) is 0 Å². The number of aryl methyl sites for hydroxylation is 1. The Morgan fingerprint density at radius 3 is 2.70 bits per heavy atom. The van der Waals surface area contributed by atoms with E-state index in [1.807, 2.05) is 31.2 Å². The third-order valence-electron chi connectivity index (χ3n) is 3.95. The van der Waals surface area contributed by atoms with E-state index in [1.165, 1.54) is 0 Å². The zero-order chi connectivity index (χ0) is 16.7. The highest BCUT2D eigenvalue weighted by Gasteiger charge is 2.18. The number of nitrogens with zero attached hydrogens (tertiary/aromatic N) is 1. The SMILES string of the molecule is CC[C@@H](C)N(Cc1ccc(C)o1)C[C@H](O)COCc1ccco1. The van der Waals surface area contributed by atoms with Crippen LogP contribution in [0.15, 0.2) is 39.4 Å². The van der Waals surface area contributed by atoms with E-state index in [0.717, 1.165) is 23.7 Å². The van der Waals surface area contributed by atoms with Crippen molar-refractivity contribution >= 4 is 0 Å². The van der Waals surface area contributed by atoms with Gasteiger partial charge in [0.15, 0.2) is 0 Å². The molecule has 2 heterocycles. The van der Waals surface area contributed by atoms with Gasteiger partial charge in [-0.25, -0.2) is 0 Å². The molecule has 2 aromatic heterocycles. The van der Waals surface area contributed by atoms with Gasteiger partial charge in [-0.2, -0.15) is 0 Å². The van der Waals surface area contributed by atoms with E-state index in [4.69, 9.17) is 13.6 Å². The van der Waals surface area contributed by atoms with Gasteiger partial charge in [0.2, 0.25) is 0 Å². The van der Waals surface area contributed by atoms with E-state index < -0.39 is 6.10 Å². The molecule has 0 unspecified atom stereocenters. The Balaban J connectivity index is 1.81. The molecular weight excluding hydrogens is 294 g/mol. The van der Waals surface area contributed by atoms with Crippen LogP contribution in [0.3, 0.4) is 0 Å². The van der Waals surface area contributed by atoms with Crippen LogP contribution >= 0.6 is 0 Å². The first kappa shape index (κ1) is 17.8. The maximum Gasteiger partial charge on any atom is 0.129 e. The molecule has 0 radical (unpaired) electrons. The average Bonchev–Trinajstić information content (AvgIpc) is 3.17. The molecule has 0 aliphatic carbocycles. The lowest BCUT2D eigenvalue weighted by Gasteiger charge is -2.29. The first-order chi connectivity index (χ1) is 11.1. The topological polar surface area (TPSA) is 59.0 Å². The Morgan fingerprint density at radius 2 is 2.09 bits per heavy atom. The summed E-state index contributed by atoms with van der Waals surface area (Å²) in [6.07, 6.45) is 2.08. The van der Waals surface area contributed by atoms with E-state index in [9.17, 15) is 5.11 Å². The van der Waals surface area contributed by atoms with E-state index in [2.05, 4.69) is 18.7 Å². The summed E-state index contributed by atoms with van der Waals surface area (Å²) >= 11 is 0. The highest BCUT2D eigenvalue weighted by molar-refractivity contribution is 5.05. The minimum absolute atomic E-state index is 0.283. The lowest BCUT2D eigenvalue weighted by atomic mass is 10.2. The van der Waals surface area contributed by atoms with Crippen molar-refractivity contribution in [3.63, 3.8) is 0 Å². The monoisotopic (exact) mass is 321 g/mol. The first-order valence-corrected chi connectivity index (χ1v) is 8.16. The molecule has 0 bridgehead atoms. The maximum absolute atomic E-state index is 10.2. The molecule has 0 aliphatic heterocycles. The van der Waals surface area contributed by atoms with Crippen LogP contribution in [0, 0.1) is 6.92 Å². The number of ether oxygens (including phenoxy) is 1. The van der Waals surface area contributed by atoms with E-state index in [-0.39, 0.29) is 6.61 Å². The molecule has 0 saturated carbocycles. The smallest absolute Gasteiger partial charge is 0.129 e. The van der Waals surface area contributed by atoms with E-state index in [0.29, 0.717) is 25.7 Å². The highest BCUT2D eigenvalue weighted by atomic mass is 16.5. The maximum atomic E-state index is 10.2. The van der Waals surface area contributed by atoms with Gasteiger partial charge in [0.25, 0.3) is 0 Å². The van der Waals surface area contributed by atoms with E-state index in [1.54, 1.807) is 6.26 Å². The zero-order valence-electron chi connectivity index (χ0n) is 14.2. The van der Waals surface area contributed by atoms with Gasteiger partial charge in [-0.1, -0.05) is 6.92 Å². The summed E-state index contributed by atoms with van der Waals surface area (Å²) in [6.45, 7) is 8.14. The third-order valence-corrected chi connectivity index (χ3v) is 3.95. The van der Waals surface area contributed by atoms with Crippen LogP contribution < -0.4 is 0 Å². The number of aliphatic hydroxyl groups is 1. The molecule has 1 N–H and O–H groups in total. The number of aliphatic hydroxyl groups excluding tert-OH is 1. The number of rotatable bonds is 10. The fraction of sp³-hybridized carbons (Fsp3) is 0.556. The van der Waals surface area contributed by atoms with Crippen LogP contribution in [0.5, 0.6) is 0 Å². The molecule has 0 aromatic carbocycles. The molecule has 128 valence electrons. The Morgan fingerprint density at radius 1 is 1.26 bits per heavy atom. The van der Waals surface area contributed by atoms with E-state index >= 15 is 0 Å². The van der Waals surface area contributed by atoms with Gasteiger partial charge in [0.05, 0.1) is 25.5 Å². The van der Waals surface area contributed by atoms with Crippen LogP contribution in [0.25, 0.3) is 0 Å². The molecule has 0 aliphatic rings. The van der Waals surface area contributed by atoms with Gasteiger partial charge in [0, 0.05) is 12.6 Å². The molecular formula is C18H27NO4. The summed E-state index contributed by atoms with van der Waals surface area (Å²) in [4.78, 5) is 2.22. The second-order valence-corrected chi connectivity index (χ2v) is 5.95. The summed E-state index contributed by atoms with van der Waals surface area (Å²) in [5.74, 6) is 2.60. The van der Waals surface area contributed by atoms with Crippen molar-refractivity contribution in [2.45, 2.75) is 52.5 Å². The van der Waals surface area contributed by atoms with Gasteiger partial charge >= 0.3 is 0 Å². The molecule has 0 saturated heterocycles. The second kappa shape index (κ2) is 8.91. The predicted octanol–water partition coefficient (Wildman–Crippen LogP) is 3.36. The van der Waals surface area contributed by atoms with Gasteiger partial charge in [0.1, 0.15) is 23.9 Å². The molecule has 2 rings (SSSR count). The molecule has 23 heavy (non-hydrogen) atoms. The van der Waals surface area contributed by atoms with Gasteiger partial charge in [-0.3, -0.25) is 4.90 Å². The summed E-state index contributed by atoms with van der Waals surface area (Å²) in [6, 6.07) is 8.00. The van der Waals surface area contributed by atoms with Crippen molar-refractivity contribution in [3.05, 3.63) is 47.8 Å². The Bertz CT molecular complexity index is 549. The average molecular weight is 321 g/mol. The van der Waals surface area contributed by atoms with Crippen LogP contribution in [0.1, 0.15) is 37.5 Å². The zero-order valence-corrected chi connectivity index (χ0v) is 14.2. The fourth-order valence-electron chi connectivity index (χ4n) is 2.44. The van der Waals surface area contributed by atoms with Gasteiger partial charge < -0.3 is 18.7 Å². The molecule has 5 nitrogen and oxygen atoms in total. The highest BCUT2D eigenvalue weighted by Crippen LogP contribution is 2.14. The molecule has 0 spiro atoms. The summed E-state index contributed by atoms with van der Waals surface area (Å²) < 4.78 is 16.4. The van der Waals surface area contributed by atoms with Crippen LogP contribution in [0.4, 0.5) is 0 Å². The summed E-state index contributed by atoms with van der Waals surface area (Å²) in [5, 5.41) is 10.2. The molecule has 5 heteroatoms. The lowest BCUT2D eigenvalue weighted by molar-refractivity contribution is -0.00389. The van der Waals surface area contributed by atoms with Crippen LogP contribution in [0.2, 0.25) is 0 Å². The van der Waals surface area contributed by atoms with Crippen LogP contribution in [-0.4, -0.2) is 35.3 Å². The lowest BCUT2D eigenvalue weighted by Crippen LogP contribution is -2.39. The standard InChI is InChI=1S/C18H27NO4/c1-4-14(2)19(11-17-8-7-15(3)23-17)10-16(20)12-21-13-18-6-5-9-22-18/h5-9,14,16,20H,4,10-13H2,1-3H3/t14-,16+/m1/s1. The molecule has 0 fully saturated rings. The molecule has 2 atom stereocenters. The second-order valence-electron chi connectivity index (χ2n) is 5.95. The number of hydrogen-bond donors (Lipinski definition) is 1. The minimum Gasteiger partial charge on any atom is -0.467 e. The van der Waals surface area contributed by atoms with Crippen LogP contribution in [-0.2, 0) is 17.9 Å². The van der Waals surface area contributed by atoms with Crippen molar-refractivity contribution in [1.82, 2.24) is 4.90 Å². The quantitative estimate of drug-likeness (QED) is 0.727. The third kappa shape index (κ3) is 5.86. The Hall–Kier alpha value is -1.56. The fourth-order valence-corrected chi connectivity index (χ4v) is 2.44. The summed E-state index contributed by atoms with van der Waals surface area (Å²) in [5.41, 5.74) is 0. The summed E-state index contributed by atoms with van der Waals surface area (Å²) in [7, 11) is 0. The van der Waals surface area contributed by atoms with Crippen molar-refractivity contribution < 1.29 is 18.7 Å². The number of hydrogen-bond acceptors (Lipinski definition) is 5.